The number of hydrogen-bond donors (Lipinski definition) is 3. The third-order valence-corrected chi connectivity index (χ3v) is 7.18. The van der Waals surface area contributed by atoms with Crippen LogP contribution in [0.1, 0.15) is 48.1 Å². The van der Waals surface area contributed by atoms with Gasteiger partial charge in [0.15, 0.2) is 0 Å². The van der Waals surface area contributed by atoms with Crippen LogP contribution in [-0.4, -0.2) is 35.5 Å². The molecule has 4 bridgehead atoms. The molecular formula is C31H32N4O4. The van der Waals surface area contributed by atoms with Crippen molar-refractivity contribution < 1.29 is 14.3 Å². The third kappa shape index (κ3) is 5.65. The molecule has 0 saturated heterocycles. The van der Waals surface area contributed by atoms with Crippen molar-refractivity contribution in [3.8, 4) is 0 Å². The quantitative estimate of drug-likeness (QED) is 0.325. The van der Waals surface area contributed by atoms with Crippen LogP contribution < -0.4 is 16.2 Å². The second-order valence-corrected chi connectivity index (χ2v) is 10.0. The molecule has 39 heavy (non-hydrogen) atoms. The Labute approximate surface area is 227 Å². The lowest BCUT2D eigenvalue weighted by atomic mass is 9.91. The number of carbonyl (C=O) groups excluding carboxylic acids is 2. The highest BCUT2D eigenvalue weighted by Gasteiger charge is 2.26. The molecule has 3 aromatic carbocycles. The first kappa shape index (κ1) is 26.0. The summed E-state index contributed by atoms with van der Waals surface area (Å²) >= 11 is 0. The van der Waals surface area contributed by atoms with Gasteiger partial charge in [0, 0.05) is 42.5 Å². The van der Waals surface area contributed by atoms with Crippen LogP contribution in [0.15, 0.2) is 77.7 Å². The van der Waals surface area contributed by atoms with Crippen molar-refractivity contribution in [3.05, 3.63) is 106 Å². The molecule has 0 aliphatic carbocycles. The van der Waals surface area contributed by atoms with Gasteiger partial charge < -0.3 is 19.9 Å². The van der Waals surface area contributed by atoms with Crippen molar-refractivity contribution in [2.45, 2.75) is 38.8 Å². The lowest BCUT2D eigenvalue weighted by Gasteiger charge is -2.27. The molecule has 8 heteroatoms. The van der Waals surface area contributed by atoms with Gasteiger partial charge in [-0.05, 0) is 64.4 Å². The van der Waals surface area contributed by atoms with Crippen molar-refractivity contribution in [1.29, 1.82) is 0 Å². The fourth-order valence-corrected chi connectivity index (χ4v) is 5.08. The number of likely N-dealkylation sites (N-methyl/N-ethyl adjacent to an activating group) is 1. The van der Waals surface area contributed by atoms with Crippen LogP contribution in [0.2, 0.25) is 0 Å². The highest BCUT2D eigenvalue weighted by atomic mass is 16.5. The minimum absolute atomic E-state index is 0.0315. The van der Waals surface area contributed by atoms with E-state index in [2.05, 4.69) is 28.6 Å². The van der Waals surface area contributed by atoms with E-state index in [-0.39, 0.29) is 24.0 Å². The molecule has 1 aromatic heterocycles. The number of H-pyrrole nitrogens is 1. The maximum atomic E-state index is 14.0. The zero-order chi connectivity index (χ0) is 27.5. The third-order valence-electron chi connectivity index (χ3n) is 7.18. The molecule has 0 radical (unpaired) electrons. The molecule has 0 unspecified atom stereocenters. The van der Waals surface area contributed by atoms with Crippen molar-refractivity contribution in [2.24, 2.45) is 0 Å². The van der Waals surface area contributed by atoms with Crippen LogP contribution in [-0.2, 0) is 22.5 Å². The lowest BCUT2D eigenvalue weighted by Crippen LogP contribution is -2.35. The predicted molar refractivity (Wildman–Crippen MR) is 153 cm³/mol. The maximum absolute atomic E-state index is 14.0. The van der Waals surface area contributed by atoms with Gasteiger partial charge in [-0.3, -0.25) is 14.9 Å². The second kappa shape index (κ2) is 11.0. The summed E-state index contributed by atoms with van der Waals surface area (Å²) in [5.41, 5.74) is 4.93. The van der Waals surface area contributed by atoms with Gasteiger partial charge in [0.2, 0.25) is 5.91 Å². The Balaban J connectivity index is 1.58. The minimum atomic E-state index is -0.683. The van der Waals surface area contributed by atoms with Crippen molar-refractivity contribution in [3.63, 3.8) is 0 Å². The van der Waals surface area contributed by atoms with E-state index in [1.165, 1.54) is 0 Å². The standard InChI is InChI=1S/C31H32N4O4/c1-4-21-15-23-9-11-26(21)19(2)18-39-31(38)34-24-7-5-6-20(14-24)17-35(3)30(37)28(23)33-25-10-8-22-12-13-32-29(36)27(22)16-25/h5-16,19,28,33H,4,17-18H2,1-3H3,(H,32,36)(H,34,38)/t19-,28+/m0/s1. The Morgan fingerprint density at radius 1 is 1.03 bits per heavy atom. The summed E-state index contributed by atoms with van der Waals surface area (Å²) in [4.78, 5) is 43.2. The summed E-state index contributed by atoms with van der Waals surface area (Å²) in [5.74, 6) is -0.152. The Bertz CT molecular complexity index is 1600. The van der Waals surface area contributed by atoms with Gasteiger partial charge in [-0.25, -0.2) is 4.79 Å². The normalized spacial score (nSPS) is 18.1. The molecule has 3 heterocycles. The number of nitrogens with zero attached hydrogens (tertiary/aromatic N) is 1. The van der Waals surface area contributed by atoms with E-state index in [1.54, 1.807) is 30.3 Å². The van der Waals surface area contributed by atoms with Crippen molar-refractivity contribution in [1.82, 2.24) is 9.88 Å². The average molecular weight is 525 g/mol. The summed E-state index contributed by atoms with van der Waals surface area (Å²) in [7, 11) is 1.76. The van der Waals surface area contributed by atoms with E-state index < -0.39 is 12.1 Å². The van der Waals surface area contributed by atoms with Crippen LogP contribution in [0, 0.1) is 0 Å². The van der Waals surface area contributed by atoms with Gasteiger partial charge in [0.25, 0.3) is 5.56 Å². The van der Waals surface area contributed by atoms with Crippen molar-refractivity contribution >= 4 is 34.1 Å². The second-order valence-electron chi connectivity index (χ2n) is 10.0. The highest BCUT2D eigenvalue weighted by Crippen LogP contribution is 2.29. The Morgan fingerprint density at radius 3 is 2.69 bits per heavy atom. The molecule has 0 fully saturated rings. The molecular weight excluding hydrogens is 492 g/mol. The Hall–Kier alpha value is -4.59. The van der Waals surface area contributed by atoms with Crippen LogP contribution >= 0.6 is 0 Å². The number of ether oxygens (including phenoxy) is 1. The van der Waals surface area contributed by atoms with Gasteiger partial charge in [0.05, 0.1) is 6.61 Å². The molecule has 2 aliphatic rings. The number of hydrogen-bond acceptors (Lipinski definition) is 5. The molecule has 3 N–H and O–H groups in total. The number of nitrogens with one attached hydrogen (secondary N) is 3. The van der Waals surface area contributed by atoms with Crippen molar-refractivity contribution in [2.75, 3.05) is 24.3 Å². The van der Waals surface area contributed by atoms with Gasteiger partial charge in [-0.2, -0.15) is 0 Å². The monoisotopic (exact) mass is 524 g/mol. The number of aryl methyl sites for hydroxylation is 1. The molecule has 0 saturated carbocycles. The van der Waals surface area contributed by atoms with Gasteiger partial charge in [-0.1, -0.05) is 50.2 Å². The molecule has 0 spiro atoms. The molecule has 4 aromatic rings. The minimum Gasteiger partial charge on any atom is -0.449 e. The highest BCUT2D eigenvalue weighted by molar-refractivity contribution is 5.89. The van der Waals surface area contributed by atoms with E-state index in [4.69, 9.17) is 4.74 Å². The van der Waals surface area contributed by atoms with E-state index >= 15 is 0 Å². The lowest BCUT2D eigenvalue weighted by molar-refractivity contribution is -0.131. The fraction of sp³-hybridized carbons (Fsp3) is 0.258. The number of aromatic nitrogens is 1. The smallest absolute Gasteiger partial charge is 0.411 e. The van der Waals surface area contributed by atoms with Gasteiger partial charge in [-0.15, -0.1) is 0 Å². The number of anilines is 2. The number of pyridine rings is 1. The first-order valence-corrected chi connectivity index (χ1v) is 13.1. The first-order valence-electron chi connectivity index (χ1n) is 13.1. The molecule has 8 nitrogen and oxygen atoms in total. The zero-order valence-electron chi connectivity index (χ0n) is 22.3. The molecule has 2 amide bonds. The number of aromatic amines is 1. The first-order chi connectivity index (χ1) is 18.8. The van der Waals surface area contributed by atoms with Crippen LogP contribution in [0.25, 0.3) is 10.8 Å². The average Bonchev–Trinajstić information content (AvgIpc) is 2.94. The summed E-state index contributed by atoms with van der Waals surface area (Å²) in [5, 5.41) is 7.57. The SMILES string of the molecule is CCc1cc2ccc1[C@@H](C)COC(=O)Nc1cccc(c1)CN(C)C(=O)[C@@H]2Nc1ccc2cc[nH]c(=O)c2c1. The topological polar surface area (TPSA) is 104 Å². The summed E-state index contributed by atoms with van der Waals surface area (Å²) in [6.07, 6.45) is 1.87. The number of carbonyl (C=O) groups is 2. The number of fused-ring (bicyclic) bond motifs is 10. The summed E-state index contributed by atoms with van der Waals surface area (Å²) < 4.78 is 5.53. The number of amides is 2. The fourth-order valence-electron chi connectivity index (χ4n) is 5.08. The predicted octanol–water partition coefficient (Wildman–Crippen LogP) is 5.57. The largest absolute Gasteiger partial charge is 0.449 e. The Kier molecular flexibility index (Phi) is 7.36. The molecule has 2 atom stereocenters. The van der Waals surface area contributed by atoms with Gasteiger partial charge >= 0.3 is 6.09 Å². The van der Waals surface area contributed by atoms with Gasteiger partial charge in [0.1, 0.15) is 6.04 Å². The number of rotatable bonds is 3. The van der Waals surface area contributed by atoms with E-state index in [1.807, 2.05) is 55.5 Å². The molecule has 2 aliphatic heterocycles. The zero-order valence-corrected chi connectivity index (χ0v) is 22.3. The molecule has 6 rings (SSSR count). The van der Waals surface area contributed by atoms with Crippen LogP contribution in [0.3, 0.4) is 0 Å². The van der Waals surface area contributed by atoms with E-state index in [0.717, 1.165) is 34.1 Å². The summed E-state index contributed by atoms with van der Waals surface area (Å²) in [6.45, 7) is 4.66. The summed E-state index contributed by atoms with van der Waals surface area (Å²) in [6, 6.07) is 20.1. The van der Waals surface area contributed by atoms with E-state index in [9.17, 15) is 14.4 Å². The maximum Gasteiger partial charge on any atom is 0.411 e. The number of benzene rings is 3. The Morgan fingerprint density at radius 2 is 1.87 bits per heavy atom. The van der Waals surface area contributed by atoms with Crippen LogP contribution in [0.5, 0.6) is 0 Å². The van der Waals surface area contributed by atoms with E-state index in [0.29, 0.717) is 23.3 Å². The molecule has 200 valence electrons. The van der Waals surface area contributed by atoms with Crippen LogP contribution in [0.4, 0.5) is 16.2 Å².